The number of carbonyl (C=O) groups is 12. The number of carboxylic acid groups (broad SMARTS) is 4. The molecule has 117 heavy (non-hydrogen) atoms. The number of aryl methyl sites for hydroxylation is 2. The van der Waals surface area contributed by atoms with Crippen LogP contribution in [0.5, 0.6) is 0 Å². The summed E-state index contributed by atoms with van der Waals surface area (Å²) in [5.41, 5.74) is 2.12. The molecule has 1 saturated heterocycles. The molecule has 3 atom stereocenters. The van der Waals surface area contributed by atoms with Crippen molar-refractivity contribution < 1.29 is 105 Å². The normalized spacial score (nSPS) is 15.5. The highest BCUT2D eigenvalue weighted by Crippen LogP contribution is 2.29. The molecular formula is C77H114BF3N18O18. The molecule has 2 aromatic heterocycles. The molecule has 40 heteroatoms. The number of rotatable bonds is 49. The van der Waals surface area contributed by atoms with Crippen LogP contribution < -0.4 is 47.9 Å². The summed E-state index contributed by atoms with van der Waals surface area (Å²) in [5.74, 6) is -8.57. The molecule has 1 aliphatic carbocycles. The number of hydrogen-bond donors (Lipinski definition) is 13. The number of halogens is 3. The third-order valence-electron chi connectivity index (χ3n) is 19.5. The minimum absolute atomic E-state index is 0.000838. The predicted octanol–water partition coefficient (Wildman–Crippen LogP) is 2.27. The second kappa shape index (κ2) is 50.2. The molecule has 644 valence electrons. The van der Waals surface area contributed by atoms with Crippen LogP contribution in [0.25, 0.3) is 6.08 Å². The Hall–Kier alpha value is -10.5. The smallest absolute Gasteiger partial charge is 0.481 e. The highest BCUT2D eigenvalue weighted by Gasteiger charge is 2.43. The topological polar surface area (TPSA) is 469 Å². The summed E-state index contributed by atoms with van der Waals surface area (Å²) in [4.78, 5) is 168. The van der Waals surface area contributed by atoms with Crippen molar-refractivity contribution in [3.63, 3.8) is 0 Å². The number of carbonyl (C=O) groups excluding carboxylic acids is 8. The highest BCUT2D eigenvalue weighted by atomic mass is 19.4. The Labute approximate surface area is 678 Å². The number of anilines is 2. The van der Waals surface area contributed by atoms with Crippen LogP contribution in [0.4, 0.5) is 29.1 Å². The first-order valence-electron chi connectivity index (χ1n) is 39.5. The molecule has 2 aromatic carbocycles. The lowest BCUT2D eigenvalue weighted by Crippen LogP contribution is -2.63. The van der Waals surface area contributed by atoms with Gasteiger partial charge in [0.1, 0.15) is 35.9 Å². The Morgan fingerprint density at radius 1 is 0.590 bits per heavy atom. The van der Waals surface area contributed by atoms with E-state index in [2.05, 4.69) is 63.1 Å². The number of quaternary nitrogens is 1. The molecule has 0 radical (unpaired) electrons. The molecule has 2 fully saturated rings. The lowest BCUT2D eigenvalue weighted by atomic mass is 9.80. The van der Waals surface area contributed by atoms with Crippen molar-refractivity contribution in [2.75, 3.05) is 156 Å². The van der Waals surface area contributed by atoms with Gasteiger partial charge in [0.25, 0.3) is 0 Å². The SMILES string of the molecule is Cc1ccccc1NC(=O)Nc1ccc(CC(=O)N[C@@H](CCCCNC(=O)/C=C/c2cccnc2)C(=O)N[C@@H](CCCC(=O)O)C(=O)NC2(C(=O)NCCOCCOCCNC(=O)[C@H](CCCCn3cc(C[N+](C)(C)C[B-](F)(F)F)nn3)NC(=O)CN3CCN(CC(=O)O)CCN(CC(=O)O)CCN(CC(=O)O)CC3)CCCCC2)cc1. The number of urea groups is 1. The predicted molar refractivity (Wildman–Crippen MR) is 425 cm³/mol. The first-order chi connectivity index (χ1) is 55.8. The van der Waals surface area contributed by atoms with E-state index in [0.29, 0.717) is 61.2 Å². The number of aliphatic carboxylic acids is 4. The summed E-state index contributed by atoms with van der Waals surface area (Å²) < 4.78 is 52.6. The van der Waals surface area contributed by atoms with Gasteiger partial charge in [-0.05, 0) is 118 Å². The lowest BCUT2D eigenvalue weighted by Gasteiger charge is -2.38. The molecule has 1 saturated carbocycles. The van der Waals surface area contributed by atoms with Crippen LogP contribution in [0, 0.1) is 6.92 Å². The number of pyridine rings is 1. The van der Waals surface area contributed by atoms with Gasteiger partial charge >= 0.3 is 36.9 Å². The van der Waals surface area contributed by atoms with Gasteiger partial charge in [0.2, 0.25) is 41.4 Å². The maximum Gasteiger partial charge on any atom is 0.531 e. The first-order valence-corrected chi connectivity index (χ1v) is 39.5. The number of benzene rings is 2. The van der Waals surface area contributed by atoms with E-state index in [4.69, 9.17) is 9.47 Å². The van der Waals surface area contributed by atoms with Crippen LogP contribution in [0.15, 0.2) is 85.3 Å². The fraction of sp³-hybridized carbons (Fsp3) is 0.571. The third-order valence-corrected chi connectivity index (χ3v) is 19.5. The molecule has 4 aromatic rings. The fourth-order valence-electron chi connectivity index (χ4n) is 13.5. The number of amides is 9. The van der Waals surface area contributed by atoms with E-state index in [-0.39, 0.29) is 199 Å². The number of hydrogen-bond acceptors (Lipinski definition) is 21. The summed E-state index contributed by atoms with van der Waals surface area (Å²) in [6, 6.07) is 13.2. The zero-order valence-corrected chi connectivity index (χ0v) is 66.8. The first kappa shape index (κ1) is 95.3. The Morgan fingerprint density at radius 3 is 1.74 bits per heavy atom. The molecule has 0 unspecified atom stereocenters. The molecule has 36 nitrogen and oxygen atoms in total. The summed E-state index contributed by atoms with van der Waals surface area (Å²) in [6.45, 7) is -2.82. The summed E-state index contributed by atoms with van der Waals surface area (Å²) in [7, 11) is 2.89. The van der Waals surface area contributed by atoms with Crippen molar-refractivity contribution in [1.29, 1.82) is 0 Å². The van der Waals surface area contributed by atoms with Gasteiger partial charge in [0, 0.05) is 115 Å². The van der Waals surface area contributed by atoms with E-state index < -0.39 is 102 Å². The second-order valence-electron chi connectivity index (χ2n) is 29.9. The van der Waals surface area contributed by atoms with Crippen molar-refractivity contribution >= 4 is 95.7 Å². The average molecular weight is 1650 g/mol. The van der Waals surface area contributed by atoms with Gasteiger partial charge in [-0.1, -0.05) is 60.9 Å². The van der Waals surface area contributed by atoms with Gasteiger partial charge in [0.05, 0.1) is 85.8 Å². The van der Waals surface area contributed by atoms with Crippen molar-refractivity contribution in [2.45, 2.75) is 140 Å². The van der Waals surface area contributed by atoms with Crippen LogP contribution in [-0.4, -0.2) is 312 Å². The number of ether oxygens (including phenoxy) is 2. The minimum Gasteiger partial charge on any atom is -0.481 e. The van der Waals surface area contributed by atoms with Gasteiger partial charge < -0.3 is 95.2 Å². The largest absolute Gasteiger partial charge is 0.531 e. The van der Waals surface area contributed by atoms with Crippen LogP contribution in [0.2, 0.25) is 0 Å². The Morgan fingerprint density at radius 2 is 1.15 bits per heavy atom. The van der Waals surface area contributed by atoms with Crippen LogP contribution >= 0.6 is 0 Å². The highest BCUT2D eigenvalue weighted by molar-refractivity contribution is 6.58. The van der Waals surface area contributed by atoms with Crippen LogP contribution in [0.3, 0.4) is 0 Å². The van der Waals surface area contributed by atoms with E-state index in [1.54, 1.807) is 92.8 Å². The average Bonchev–Trinajstić information content (AvgIpc) is 1.35. The molecule has 2 aliphatic rings. The lowest BCUT2D eigenvalue weighted by molar-refractivity contribution is -0.895. The number of unbranched alkanes of at least 4 members (excludes halogenated alkanes) is 2. The molecule has 0 bridgehead atoms. The quantitative estimate of drug-likeness (QED) is 0.0130. The molecule has 3 heterocycles. The minimum atomic E-state index is -5.07. The van der Waals surface area contributed by atoms with Crippen molar-refractivity contribution in [3.05, 3.63) is 108 Å². The Bertz CT molecular complexity index is 3860. The number of nitrogens with zero attached hydrogens (tertiary/aromatic N) is 9. The molecule has 6 rings (SSSR count). The Kier molecular flexibility index (Phi) is 40.9. The van der Waals surface area contributed by atoms with Gasteiger partial charge in [0.15, 0.2) is 0 Å². The van der Waals surface area contributed by atoms with Crippen LogP contribution in [-0.2, 0) is 81.7 Å². The van der Waals surface area contributed by atoms with E-state index in [1.165, 1.54) is 24.9 Å². The summed E-state index contributed by atoms with van der Waals surface area (Å²) in [6.07, 6.45) is 10.0. The number of nitrogens with one attached hydrogen (secondary N) is 9. The Balaban J connectivity index is 1.03. The monoisotopic (exact) mass is 1650 g/mol. The zero-order valence-electron chi connectivity index (χ0n) is 66.8. The number of aromatic nitrogens is 4. The second-order valence-corrected chi connectivity index (χ2v) is 29.9. The molecular weight excluding hydrogens is 1530 g/mol. The van der Waals surface area contributed by atoms with Gasteiger partial charge in [-0.2, -0.15) is 0 Å². The zero-order chi connectivity index (χ0) is 85.2. The molecule has 0 spiro atoms. The van der Waals surface area contributed by atoms with E-state index >= 15 is 0 Å². The van der Waals surface area contributed by atoms with Gasteiger partial charge in [-0.15, -0.1) is 5.10 Å². The van der Waals surface area contributed by atoms with Crippen molar-refractivity contribution in [3.8, 4) is 0 Å². The van der Waals surface area contributed by atoms with E-state index in [0.717, 1.165) is 17.5 Å². The standard InChI is InChI=1S/C77H114BF3N18O18/c1-56-15-5-6-17-61(56)90-76(115)86-59-25-22-57(23-26-59)47-66(101)87-63(18-7-11-31-83-65(100)27-24-58-16-14-30-82-48-58)73(112)89-64(20-13-21-68(103)104)74(113)91-77(28-9-4-10-29-77)75(114)85-33-44-117-46-45-116-43-32-84-72(111)62(19-8-12-34-98-49-60(92-93-98)54-99(2,3)55-78(79,80)81)88-67(102)50-94-35-37-95(51-69(105)106)39-41-97(53-71(109)110)42-40-96(38-36-94)52-70(107)108/h5-6,14-17,22-27,30,48-49,62-64H,4,7-13,18-21,28-29,31-47,50-55H2,1-3H3,(H,83,100)(H,84,111)(H,85,114)(H,87,101)(H,88,102)(H,89,112)(H,91,113)(H,103,104)(H,105,106)(H,107,108)(H,109,110)(H2,86,90,115)/b27-24+/t62-,63-,64-/m0/s1. The van der Waals surface area contributed by atoms with Crippen molar-refractivity contribution in [1.82, 2.24) is 76.8 Å². The van der Waals surface area contributed by atoms with Crippen molar-refractivity contribution in [2.24, 2.45) is 0 Å². The maximum atomic E-state index is 14.6. The number of para-hydroxylation sites is 1. The number of carboxylic acids is 4. The maximum absolute atomic E-state index is 14.6. The van der Waals surface area contributed by atoms with Gasteiger partial charge in [-0.25, -0.2) is 4.79 Å². The van der Waals surface area contributed by atoms with Gasteiger partial charge in [-0.3, -0.25) is 82.0 Å². The fourth-order valence-corrected chi connectivity index (χ4v) is 13.5. The summed E-state index contributed by atoms with van der Waals surface area (Å²) >= 11 is 0. The van der Waals surface area contributed by atoms with E-state index in [1.807, 2.05) is 19.1 Å². The molecule has 9 amide bonds. The van der Waals surface area contributed by atoms with E-state index in [9.17, 15) is 90.9 Å². The summed E-state index contributed by atoms with van der Waals surface area (Å²) in [5, 5.41) is 72.0. The molecule has 1 aliphatic heterocycles. The molecule has 13 N–H and O–H groups in total. The third kappa shape index (κ3) is 38.9. The van der Waals surface area contributed by atoms with Crippen LogP contribution in [0.1, 0.15) is 112 Å².